The van der Waals surface area contributed by atoms with E-state index in [4.69, 9.17) is 4.98 Å². The van der Waals surface area contributed by atoms with Gasteiger partial charge < -0.3 is 20.1 Å². The van der Waals surface area contributed by atoms with Gasteiger partial charge in [-0.05, 0) is 18.4 Å². The average Bonchev–Trinajstić information content (AvgIpc) is 3.53. The number of imidazole rings is 1. The summed E-state index contributed by atoms with van der Waals surface area (Å²) in [6.07, 6.45) is 5.33. The number of nitrogens with zero attached hydrogens (tertiary/aromatic N) is 5. The molecule has 0 amide bonds. The molecule has 2 aromatic heterocycles. The van der Waals surface area contributed by atoms with E-state index in [2.05, 4.69) is 47.6 Å². The Hall–Kier alpha value is -2.87. The lowest BCUT2D eigenvalue weighted by Crippen LogP contribution is -2.39. The first-order valence-electron chi connectivity index (χ1n) is 10.4. The summed E-state index contributed by atoms with van der Waals surface area (Å²) in [4.78, 5) is 21.6. The van der Waals surface area contributed by atoms with Crippen molar-refractivity contribution in [1.29, 1.82) is 0 Å². The number of hydrogen-bond acceptors (Lipinski definition) is 5. The smallest absolute Gasteiger partial charge is 0.193 e. The molecule has 1 aliphatic rings. The van der Waals surface area contributed by atoms with Gasteiger partial charge in [-0.2, -0.15) is 0 Å². The van der Waals surface area contributed by atoms with Crippen LogP contribution in [0.2, 0.25) is 0 Å². The van der Waals surface area contributed by atoms with Gasteiger partial charge in [0.2, 0.25) is 0 Å². The normalized spacial score (nSPS) is 14.3. The molecule has 1 aliphatic heterocycles. The highest BCUT2D eigenvalue weighted by Gasteiger charge is 2.16. The second-order valence-corrected chi connectivity index (χ2v) is 8.34. The van der Waals surface area contributed by atoms with E-state index in [1.807, 2.05) is 38.5 Å². The topological polar surface area (TPSA) is 72.4 Å². The molecular weight excluding hydrogens is 394 g/mol. The van der Waals surface area contributed by atoms with Crippen molar-refractivity contribution < 1.29 is 0 Å². The molecule has 3 heterocycles. The van der Waals surface area contributed by atoms with Crippen LogP contribution < -0.4 is 10.2 Å². The van der Waals surface area contributed by atoms with Gasteiger partial charge in [-0.25, -0.2) is 9.97 Å². The quantitative estimate of drug-likeness (QED) is 0.450. The van der Waals surface area contributed by atoms with Gasteiger partial charge in [-0.3, -0.25) is 4.99 Å². The minimum atomic E-state index is 0.655. The maximum atomic E-state index is 4.80. The zero-order valence-electron chi connectivity index (χ0n) is 17.6. The molecule has 0 atom stereocenters. The first kappa shape index (κ1) is 20.4. The maximum absolute atomic E-state index is 4.80. The van der Waals surface area contributed by atoms with Crippen LogP contribution in [0.1, 0.15) is 24.4 Å². The third kappa shape index (κ3) is 4.99. The van der Waals surface area contributed by atoms with E-state index in [0.29, 0.717) is 6.54 Å². The zero-order chi connectivity index (χ0) is 20.8. The molecule has 0 radical (unpaired) electrons. The Bertz CT molecular complexity index is 957. The number of H-pyrrole nitrogens is 1. The molecule has 30 heavy (non-hydrogen) atoms. The Labute approximate surface area is 181 Å². The molecule has 8 heteroatoms. The first-order valence-corrected chi connectivity index (χ1v) is 11.3. The van der Waals surface area contributed by atoms with Gasteiger partial charge in [-0.1, -0.05) is 30.3 Å². The van der Waals surface area contributed by atoms with Crippen LogP contribution in [0.3, 0.4) is 0 Å². The Morgan fingerprint density at radius 3 is 2.83 bits per heavy atom. The molecule has 1 aromatic carbocycles. The number of aromatic nitrogens is 3. The van der Waals surface area contributed by atoms with Crippen LogP contribution in [-0.4, -0.2) is 59.5 Å². The molecular formula is C22H29N7S. The molecule has 4 rings (SSSR count). The van der Waals surface area contributed by atoms with Gasteiger partial charge in [0.05, 0.1) is 24.1 Å². The highest BCUT2D eigenvalue weighted by Crippen LogP contribution is 2.24. The monoisotopic (exact) mass is 423 g/mol. The largest absolute Gasteiger partial charge is 0.356 e. The summed E-state index contributed by atoms with van der Waals surface area (Å²) in [6.45, 7) is 3.73. The number of anilines is 1. The van der Waals surface area contributed by atoms with Crippen molar-refractivity contribution in [2.45, 2.75) is 25.8 Å². The number of aliphatic imine (C=N–C) groups is 1. The van der Waals surface area contributed by atoms with Crippen LogP contribution >= 0.6 is 11.3 Å². The van der Waals surface area contributed by atoms with Crippen molar-refractivity contribution in [2.24, 2.45) is 4.99 Å². The van der Waals surface area contributed by atoms with Crippen molar-refractivity contribution in [1.82, 2.24) is 25.2 Å². The minimum Gasteiger partial charge on any atom is -0.356 e. The Balaban J connectivity index is 1.27. The third-order valence-electron chi connectivity index (χ3n) is 5.25. The van der Waals surface area contributed by atoms with Crippen molar-refractivity contribution in [2.75, 3.05) is 38.6 Å². The zero-order valence-corrected chi connectivity index (χ0v) is 18.5. The Morgan fingerprint density at radius 1 is 1.27 bits per heavy atom. The summed E-state index contributed by atoms with van der Waals surface area (Å²) in [7, 11) is 3.83. The van der Waals surface area contributed by atoms with Crippen LogP contribution in [0.5, 0.6) is 0 Å². The van der Waals surface area contributed by atoms with E-state index < -0.39 is 0 Å². The Morgan fingerprint density at radius 2 is 2.07 bits per heavy atom. The van der Waals surface area contributed by atoms with Gasteiger partial charge in [-0.15, -0.1) is 11.3 Å². The molecule has 1 saturated heterocycles. The second kappa shape index (κ2) is 9.75. The first-order chi connectivity index (χ1) is 14.7. The number of hydrogen-bond donors (Lipinski definition) is 2. The van der Waals surface area contributed by atoms with E-state index >= 15 is 0 Å². The molecule has 0 spiro atoms. The highest BCUT2D eigenvalue weighted by atomic mass is 32.1. The third-order valence-corrected chi connectivity index (χ3v) is 6.20. The number of thiazole rings is 1. The van der Waals surface area contributed by atoms with E-state index in [1.54, 1.807) is 11.3 Å². The fourth-order valence-corrected chi connectivity index (χ4v) is 4.57. The van der Waals surface area contributed by atoms with E-state index in [0.717, 1.165) is 59.9 Å². The maximum Gasteiger partial charge on any atom is 0.193 e. The minimum absolute atomic E-state index is 0.655. The van der Waals surface area contributed by atoms with Gasteiger partial charge >= 0.3 is 0 Å². The van der Waals surface area contributed by atoms with Gasteiger partial charge in [0.15, 0.2) is 11.1 Å². The van der Waals surface area contributed by atoms with Crippen LogP contribution in [-0.2, 0) is 13.0 Å². The lowest BCUT2D eigenvalue weighted by molar-refractivity contribution is 0.464. The molecule has 3 aromatic rings. The fraction of sp³-hybridized carbons (Fsp3) is 0.409. The Kier molecular flexibility index (Phi) is 6.63. The van der Waals surface area contributed by atoms with Crippen LogP contribution in [0.15, 0.2) is 46.9 Å². The van der Waals surface area contributed by atoms with Crippen LogP contribution in [0, 0.1) is 0 Å². The standard InChI is InChI=1S/C22H29N7S/c1-23-21(24-11-10-18-16-30-22(26-18)29-12-6-7-13-29)28(2)15-20-25-14-19(27-20)17-8-4-3-5-9-17/h3-5,8-9,14,16H,6-7,10-13,15H2,1-2H3,(H,23,24)(H,25,27). The van der Waals surface area contributed by atoms with Crippen molar-refractivity contribution in [3.8, 4) is 11.3 Å². The number of benzene rings is 1. The van der Waals surface area contributed by atoms with E-state index in [9.17, 15) is 0 Å². The van der Waals surface area contributed by atoms with Gasteiger partial charge in [0.25, 0.3) is 0 Å². The van der Waals surface area contributed by atoms with Gasteiger partial charge in [0.1, 0.15) is 5.82 Å². The summed E-state index contributed by atoms with van der Waals surface area (Å²) < 4.78 is 0. The van der Waals surface area contributed by atoms with Crippen molar-refractivity contribution in [3.05, 3.63) is 53.4 Å². The number of rotatable bonds is 7. The molecule has 1 fully saturated rings. The molecule has 158 valence electrons. The average molecular weight is 424 g/mol. The molecule has 2 N–H and O–H groups in total. The summed E-state index contributed by atoms with van der Waals surface area (Å²) in [5.41, 5.74) is 3.31. The van der Waals surface area contributed by atoms with Crippen molar-refractivity contribution in [3.63, 3.8) is 0 Å². The summed E-state index contributed by atoms with van der Waals surface area (Å²) >= 11 is 1.75. The summed E-state index contributed by atoms with van der Waals surface area (Å²) in [5, 5.41) is 6.78. The molecule has 0 bridgehead atoms. The predicted octanol–water partition coefficient (Wildman–Crippen LogP) is 3.38. The number of nitrogens with one attached hydrogen (secondary N) is 2. The van der Waals surface area contributed by atoms with Crippen molar-refractivity contribution >= 4 is 22.4 Å². The van der Waals surface area contributed by atoms with Crippen LogP contribution in [0.4, 0.5) is 5.13 Å². The SMILES string of the molecule is CN=C(NCCc1csc(N2CCCC2)n1)N(C)Cc1ncc(-c2ccccc2)[nH]1. The highest BCUT2D eigenvalue weighted by molar-refractivity contribution is 7.13. The molecule has 0 unspecified atom stereocenters. The van der Waals surface area contributed by atoms with Crippen LogP contribution in [0.25, 0.3) is 11.3 Å². The molecule has 7 nitrogen and oxygen atoms in total. The van der Waals surface area contributed by atoms with Gasteiger partial charge in [0, 0.05) is 45.5 Å². The number of aromatic amines is 1. The van der Waals surface area contributed by atoms with E-state index in [-0.39, 0.29) is 0 Å². The number of guanidine groups is 1. The van der Waals surface area contributed by atoms with E-state index in [1.165, 1.54) is 12.8 Å². The lowest BCUT2D eigenvalue weighted by atomic mass is 10.2. The molecule has 0 aliphatic carbocycles. The summed E-state index contributed by atoms with van der Waals surface area (Å²) in [5.74, 6) is 1.76. The second-order valence-electron chi connectivity index (χ2n) is 7.51. The molecule has 0 saturated carbocycles. The lowest BCUT2D eigenvalue weighted by Gasteiger charge is -2.21. The summed E-state index contributed by atoms with van der Waals surface area (Å²) in [6, 6.07) is 10.2. The predicted molar refractivity (Wildman–Crippen MR) is 124 cm³/mol. The fourth-order valence-electron chi connectivity index (χ4n) is 3.66.